The molecule has 1 aromatic rings. The highest BCUT2D eigenvalue weighted by Crippen LogP contribution is 2.25. The van der Waals surface area contributed by atoms with Crippen molar-refractivity contribution < 1.29 is 13.5 Å². The number of sulfonamides is 1. The van der Waals surface area contributed by atoms with Crippen molar-refractivity contribution >= 4 is 33.2 Å². The summed E-state index contributed by atoms with van der Waals surface area (Å²) in [4.78, 5) is 0.0891. The van der Waals surface area contributed by atoms with Gasteiger partial charge >= 0.3 is 0 Å². The summed E-state index contributed by atoms with van der Waals surface area (Å²) in [5.74, 6) is 0. The molecule has 0 saturated heterocycles. The molecule has 0 fully saturated rings. The zero-order valence-electron chi connectivity index (χ0n) is 12.4. The van der Waals surface area contributed by atoms with E-state index in [1.165, 1.54) is 18.2 Å². The Bertz CT molecular complexity index is 582. The van der Waals surface area contributed by atoms with E-state index in [1.807, 2.05) is 0 Å². The molecule has 0 heterocycles. The van der Waals surface area contributed by atoms with E-state index >= 15 is 0 Å². The Kier molecular flexibility index (Phi) is 6.50. The first kappa shape index (κ1) is 18.7. The Balaban J connectivity index is 2.65. The lowest BCUT2D eigenvalue weighted by Gasteiger charge is -2.19. The van der Waals surface area contributed by atoms with Crippen LogP contribution >= 0.6 is 23.2 Å². The fraction of sp³-hybridized carbons (Fsp3) is 0.571. The maximum atomic E-state index is 12.2. The minimum atomic E-state index is -3.62. The maximum Gasteiger partial charge on any atom is 0.240 e. The fourth-order valence-electron chi connectivity index (χ4n) is 1.88. The Morgan fingerprint density at radius 1 is 1.29 bits per heavy atom. The average molecular weight is 354 g/mol. The van der Waals surface area contributed by atoms with Crippen molar-refractivity contribution in [3.63, 3.8) is 0 Å². The molecule has 1 atom stereocenters. The number of hydrogen-bond acceptors (Lipinski definition) is 3. The van der Waals surface area contributed by atoms with Crippen molar-refractivity contribution in [3.8, 4) is 0 Å². The Hall–Kier alpha value is -0.330. The Morgan fingerprint density at radius 2 is 1.90 bits per heavy atom. The van der Waals surface area contributed by atoms with Crippen LogP contribution in [0.2, 0.25) is 10.0 Å². The molecule has 120 valence electrons. The van der Waals surface area contributed by atoms with Crippen LogP contribution in [0.3, 0.4) is 0 Å². The molecule has 1 aromatic carbocycles. The van der Waals surface area contributed by atoms with Crippen LogP contribution in [0.1, 0.15) is 40.0 Å². The van der Waals surface area contributed by atoms with Gasteiger partial charge in [0, 0.05) is 6.04 Å². The zero-order valence-corrected chi connectivity index (χ0v) is 14.7. The molecule has 1 unspecified atom stereocenters. The summed E-state index contributed by atoms with van der Waals surface area (Å²) >= 11 is 11.6. The van der Waals surface area contributed by atoms with Crippen LogP contribution in [0.5, 0.6) is 0 Å². The Labute approximate surface area is 136 Å². The maximum absolute atomic E-state index is 12.2. The van der Waals surface area contributed by atoms with Crippen LogP contribution in [0.15, 0.2) is 23.1 Å². The molecule has 4 nitrogen and oxygen atoms in total. The second-order valence-corrected chi connectivity index (χ2v) is 8.33. The lowest BCUT2D eigenvalue weighted by atomic mass is 10.00. The molecule has 7 heteroatoms. The van der Waals surface area contributed by atoms with Crippen molar-refractivity contribution in [1.29, 1.82) is 0 Å². The van der Waals surface area contributed by atoms with E-state index in [4.69, 9.17) is 23.2 Å². The monoisotopic (exact) mass is 353 g/mol. The number of aliphatic hydroxyl groups is 1. The summed E-state index contributed by atoms with van der Waals surface area (Å²) in [5, 5.41) is 10.1. The van der Waals surface area contributed by atoms with Gasteiger partial charge in [0.15, 0.2) is 0 Å². The Morgan fingerprint density at radius 3 is 2.43 bits per heavy atom. The highest BCUT2D eigenvalue weighted by molar-refractivity contribution is 7.89. The van der Waals surface area contributed by atoms with E-state index < -0.39 is 15.6 Å². The number of halogens is 2. The van der Waals surface area contributed by atoms with Crippen LogP contribution in [-0.2, 0) is 10.0 Å². The molecule has 0 aliphatic carbocycles. The third-order valence-electron chi connectivity index (χ3n) is 2.98. The summed E-state index contributed by atoms with van der Waals surface area (Å²) in [5.41, 5.74) is -0.734. The van der Waals surface area contributed by atoms with Crippen molar-refractivity contribution in [1.82, 2.24) is 4.72 Å². The van der Waals surface area contributed by atoms with E-state index in [0.29, 0.717) is 17.9 Å². The van der Waals surface area contributed by atoms with Gasteiger partial charge in [-0.15, -0.1) is 0 Å². The van der Waals surface area contributed by atoms with Crippen LogP contribution in [-0.4, -0.2) is 25.2 Å². The molecular weight excluding hydrogens is 333 g/mol. The largest absolute Gasteiger partial charge is 0.390 e. The normalized spacial score (nSPS) is 14.2. The second kappa shape index (κ2) is 7.29. The van der Waals surface area contributed by atoms with E-state index in [0.717, 1.165) is 6.42 Å². The van der Waals surface area contributed by atoms with Gasteiger partial charge in [-0.3, -0.25) is 0 Å². The van der Waals surface area contributed by atoms with Gasteiger partial charge in [-0.25, -0.2) is 13.1 Å². The van der Waals surface area contributed by atoms with Gasteiger partial charge in [0.1, 0.15) is 0 Å². The first-order valence-electron chi connectivity index (χ1n) is 6.71. The van der Waals surface area contributed by atoms with Crippen LogP contribution in [0.25, 0.3) is 0 Å². The van der Waals surface area contributed by atoms with Crippen molar-refractivity contribution in [3.05, 3.63) is 28.2 Å². The molecule has 0 aliphatic rings. The van der Waals surface area contributed by atoms with Gasteiger partial charge < -0.3 is 5.11 Å². The molecule has 21 heavy (non-hydrogen) atoms. The molecule has 0 spiro atoms. The third-order valence-corrected chi connectivity index (χ3v) is 5.31. The lowest BCUT2D eigenvalue weighted by molar-refractivity contribution is 0.0677. The van der Waals surface area contributed by atoms with Crippen molar-refractivity contribution in [2.75, 3.05) is 0 Å². The highest BCUT2D eigenvalue weighted by atomic mass is 35.5. The highest BCUT2D eigenvalue weighted by Gasteiger charge is 2.19. The molecule has 0 aromatic heterocycles. The first-order valence-corrected chi connectivity index (χ1v) is 8.95. The van der Waals surface area contributed by atoms with Crippen molar-refractivity contribution in [2.24, 2.45) is 0 Å². The predicted molar refractivity (Wildman–Crippen MR) is 86.4 cm³/mol. The van der Waals surface area contributed by atoms with Gasteiger partial charge in [0.25, 0.3) is 0 Å². The van der Waals surface area contributed by atoms with E-state index in [-0.39, 0.29) is 16.0 Å². The van der Waals surface area contributed by atoms with Gasteiger partial charge in [-0.1, -0.05) is 23.2 Å². The number of benzene rings is 1. The minimum absolute atomic E-state index is 0.0891. The van der Waals surface area contributed by atoms with Crippen LogP contribution < -0.4 is 4.72 Å². The first-order chi connectivity index (χ1) is 9.51. The number of rotatable bonds is 7. The molecule has 0 amide bonds. The van der Waals surface area contributed by atoms with E-state index in [2.05, 4.69) is 4.72 Å². The number of hydrogen-bond donors (Lipinski definition) is 2. The van der Waals surface area contributed by atoms with E-state index in [9.17, 15) is 13.5 Å². The van der Waals surface area contributed by atoms with Crippen LogP contribution in [0.4, 0.5) is 0 Å². The molecule has 2 N–H and O–H groups in total. The fourth-order valence-corrected chi connectivity index (χ4v) is 3.54. The SMILES string of the molecule is CC(CCCC(C)(C)O)NS(=O)(=O)c1ccc(Cl)c(Cl)c1. The van der Waals surface area contributed by atoms with E-state index in [1.54, 1.807) is 20.8 Å². The van der Waals surface area contributed by atoms with Crippen molar-refractivity contribution in [2.45, 2.75) is 56.6 Å². The molecule has 0 saturated carbocycles. The quantitative estimate of drug-likeness (QED) is 0.786. The number of nitrogens with one attached hydrogen (secondary N) is 1. The van der Waals surface area contributed by atoms with Crippen LogP contribution in [0, 0.1) is 0 Å². The smallest absolute Gasteiger partial charge is 0.240 e. The summed E-state index contributed by atoms with van der Waals surface area (Å²) in [6.07, 6.45) is 1.99. The lowest BCUT2D eigenvalue weighted by Crippen LogP contribution is -2.33. The summed E-state index contributed by atoms with van der Waals surface area (Å²) in [6.45, 7) is 5.26. The molecule has 0 radical (unpaired) electrons. The predicted octanol–water partition coefficient (Wildman–Crippen LogP) is 3.60. The topological polar surface area (TPSA) is 66.4 Å². The average Bonchev–Trinajstić information content (AvgIpc) is 2.30. The minimum Gasteiger partial charge on any atom is -0.390 e. The molecule has 1 rings (SSSR count). The van der Waals surface area contributed by atoms with Gasteiger partial charge in [0.2, 0.25) is 10.0 Å². The molecule has 0 aliphatic heterocycles. The standard InChI is InChI=1S/C14H21Cl2NO3S/c1-10(5-4-8-14(2,3)18)17-21(19,20)11-6-7-12(15)13(16)9-11/h6-7,9-10,17-18H,4-5,8H2,1-3H3. The zero-order chi connectivity index (χ0) is 16.3. The third kappa shape index (κ3) is 6.53. The summed E-state index contributed by atoms with van der Waals surface area (Å²) < 4.78 is 27.0. The van der Waals surface area contributed by atoms with Gasteiger partial charge in [0.05, 0.1) is 20.5 Å². The molecular formula is C14H21Cl2NO3S. The molecule has 0 bridgehead atoms. The second-order valence-electron chi connectivity index (χ2n) is 5.80. The van der Waals surface area contributed by atoms with Gasteiger partial charge in [-0.05, 0) is 58.2 Å². The van der Waals surface area contributed by atoms with Gasteiger partial charge in [-0.2, -0.15) is 0 Å². The summed E-state index contributed by atoms with van der Waals surface area (Å²) in [6, 6.07) is 3.97. The summed E-state index contributed by atoms with van der Waals surface area (Å²) in [7, 11) is -3.62.